The zero-order chi connectivity index (χ0) is 28.3. The third kappa shape index (κ3) is 5.09. The zero-order valence-corrected chi connectivity index (χ0v) is 23.6. The van der Waals surface area contributed by atoms with Crippen LogP contribution in [0.2, 0.25) is 0 Å². The molecule has 4 rings (SSSR count). The number of benzene rings is 2. The second-order valence-corrected chi connectivity index (χ2v) is 9.38. The van der Waals surface area contributed by atoms with Gasteiger partial charge in [-0.05, 0) is 49.8 Å². The van der Waals surface area contributed by atoms with Gasteiger partial charge in [0.2, 0.25) is 5.75 Å². The van der Waals surface area contributed by atoms with Crippen molar-refractivity contribution in [3.05, 3.63) is 72.4 Å². The lowest BCUT2D eigenvalue weighted by atomic mass is 9.95. The first kappa shape index (κ1) is 27.8. The topological polar surface area (TPSA) is 107 Å². The number of thiazole rings is 1. The summed E-state index contributed by atoms with van der Waals surface area (Å²) in [6, 6.07) is 7.90. The van der Waals surface area contributed by atoms with Gasteiger partial charge in [0.25, 0.3) is 5.56 Å². The second-order valence-electron chi connectivity index (χ2n) is 8.37. The number of methoxy groups -OCH3 is 5. The fraction of sp³-hybridized carbons (Fsp3) is 0.321. The van der Waals surface area contributed by atoms with Crippen LogP contribution >= 0.6 is 11.3 Å². The van der Waals surface area contributed by atoms with Crippen LogP contribution in [0.3, 0.4) is 0 Å². The minimum absolute atomic E-state index is 0.174. The van der Waals surface area contributed by atoms with E-state index in [-0.39, 0.29) is 17.7 Å². The molecule has 0 radical (unpaired) electrons. The molecule has 0 amide bonds. The molecule has 0 N–H and O–H groups in total. The number of hydrogen-bond acceptors (Lipinski definition) is 10. The molecule has 1 atom stereocenters. The molecule has 0 aliphatic carbocycles. The Morgan fingerprint density at radius 2 is 1.64 bits per heavy atom. The molecule has 0 fully saturated rings. The third-order valence-corrected chi connectivity index (χ3v) is 7.22. The van der Waals surface area contributed by atoms with Crippen LogP contribution in [0, 0.1) is 0 Å². The van der Waals surface area contributed by atoms with Crippen molar-refractivity contribution >= 4 is 23.4 Å². The number of hydrogen-bond donors (Lipinski definition) is 0. The number of rotatable bonds is 9. The van der Waals surface area contributed by atoms with Crippen LogP contribution in [-0.4, -0.2) is 52.7 Å². The zero-order valence-electron chi connectivity index (χ0n) is 22.8. The van der Waals surface area contributed by atoms with Crippen LogP contribution in [0.4, 0.5) is 0 Å². The normalized spacial score (nSPS) is 14.8. The van der Waals surface area contributed by atoms with Gasteiger partial charge in [-0.15, -0.1) is 0 Å². The van der Waals surface area contributed by atoms with Crippen molar-refractivity contribution in [1.82, 2.24) is 4.57 Å². The van der Waals surface area contributed by atoms with Crippen molar-refractivity contribution in [2.75, 3.05) is 42.2 Å². The standard InChI is InChI=1S/C28H30N2O8S/c1-8-38-27(32)23-15(2)29-28-30(24(23)18-10-9-17(33-3)14-19(18)34-4)26(31)22(39-28)13-16-11-20(35-5)25(37-7)21(12-16)36-6/h9-14,24H,8H2,1-7H3/b22-13-/t24-/m0/s1. The van der Waals surface area contributed by atoms with E-state index in [4.69, 9.17) is 28.4 Å². The maximum atomic E-state index is 13.9. The first-order valence-electron chi connectivity index (χ1n) is 12.0. The lowest BCUT2D eigenvalue weighted by Gasteiger charge is -2.26. The van der Waals surface area contributed by atoms with Crippen molar-refractivity contribution in [2.24, 2.45) is 4.99 Å². The summed E-state index contributed by atoms with van der Waals surface area (Å²) in [7, 11) is 7.64. The number of esters is 1. The van der Waals surface area contributed by atoms with Crippen LogP contribution in [0.5, 0.6) is 28.7 Å². The van der Waals surface area contributed by atoms with Gasteiger partial charge in [-0.25, -0.2) is 9.79 Å². The molecule has 1 aliphatic heterocycles. The number of fused-ring (bicyclic) bond motifs is 1. The predicted molar refractivity (Wildman–Crippen MR) is 146 cm³/mol. The molecule has 0 saturated carbocycles. The van der Waals surface area contributed by atoms with E-state index in [1.54, 1.807) is 57.4 Å². The maximum absolute atomic E-state index is 13.9. The van der Waals surface area contributed by atoms with Crippen LogP contribution < -0.4 is 38.6 Å². The van der Waals surface area contributed by atoms with E-state index in [9.17, 15) is 9.59 Å². The Balaban J connectivity index is 1.99. The first-order chi connectivity index (χ1) is 18.8. The van der Waals surface area contributed by atoms with Gasteiger partial charge in [0.05, 0.1) is 58.0 Å². The molecule has 0 spiro atoms. The number of nitrogens with zero attached hydrogens (tertiary/aromatic N) is 2. The highest BCUT2D eigenvalue weighted by atomic mass is 32.1. The number of allylic oxidation sites excluding steroid dienone is 1. The summed E-state index contributed by atoms with van der Waals surface area (Å²) in [6.07, 6.45) is 1.72. The fourth-order valence-corrected chi connectivity index (χ4v) is 5.51. The fourth-order valence-electron chi connectivity index (χ4n) is 4.47. The summed E-state index contributed by atoms with van der Waals surface area (Å²) < 4.78 is 34.6. The predicted octanol–water partition coefficient (Wildman–Crippen LogP) is 2.84. The van der Waals surface area contributed by atoms with Crippen molar-refractivity contribution in [3.8, 4) is 28.7 Å². The summed E-state index contributed by atoms with van der Waals surface area (Å²) in [6.45, 7) is 3.63. The van der Waals surface area contributed by atoms with Gasteiger partial charge in [0, 0.05) is 11.6 Å². The van der Waals surface area contributed by atoms with Crippen LogP contribution in [0.25, 0.3) is 6.08 Å². The van der Waals surface area contributed by atoms with E-state index in [0.29, 0.717) is 54.9 Å². The Morgan fingerprint density at radius 1 is 0.974 bits per heavy atom. The number of carbonyl (C=O) groups excluding carboxylic acids is 1. The van der Waals surface area contributed by atoms with Gasteiger partial charge >= 0.3 is 5.97 Å². The number of ether oxygens (including phenoxy) is 6. The monoisotopic (exact) mass is 554 g/mol. The summed E-state index contributed by atoms with van der Waals surface area (Å²) >= 11 is 1.21. The molecule has 2 aromatic carbocycles. The molecule has 39 heavy (non-hydrogen) atoms. The Labute approximate surface area is 229 Å². The Morgan fingerprint density at radius 3 is 2.21 bits per heavy atom. The molecule has 2 heterocycles. The average Bonchev–Trinajstić information content (AvgIpc) is 3.25. The van der Waals surface area contributed by atoms with Gasteiger partial charge in [0.15, 0.2) is 16.3 Å². The second kappa shape index (κ2) is 11.6. The van der Waals surface area contributed by atoms with Gasteiger partial charge in [-0.2, -0.15) is 0 Å². The molecule has 10 nitrogen and oxygen atoms in total. The summed E-state index contributed by atoms with van der Waals surface area (Å²) in [5.41, 5.74) is 1.64. The smallest absolute Gasteiger partial charge is 0.338 e. The van der Waals surface area contributed by atoms with Gasteiger partial charge < -0.3 is 28.4 Å². The largest absolute Gasteiger partial charge is 0.497 e. The third-order valence-electron chi connectivity index (χ3n) is 6.24. The molecule has 206 valence electrons. The van der Waals surface area contributed by atoms with E-state index >= 15 is 0 Å². The van der Waals surface area contributed by atoms with Crippen LogP contribution in [-0.2, 0) is 9.53 Å². The maximum Gasteiger partial charge on any atom is 0.338 e. The quantitative estimate of drug-likeness (QED) is 0.372. The highest BCUT2D eigenvalue weighted by Crippen LogP contribution is 2.39. The molecule has 11 heteroatoms. The highest BCUT2D eigenvalue weighted by molar-refractivity contribution is 7.07. The van der Waals surface area contributed by atoms with E-state index in [1.165, 1.54) is 44.3 Å². The minimum atomic E-state index is -0.830. The summed E-state index contributed by atoms with van der Waals surface area (Å²) in [4.78, 5) is 32.2. The molecule has 0 saturated heterocycles. The van der Waals surface area contributed by atoms with Gasteiger partial charge in [0.1, 0.15) is 17.5 Å². The summed E-state index contributed by atoms with van der Waals surface area (Å²) in [5.74, 6) is 1.83. The van der Waals surface area contributed by atoms with E-state index in [0.717, 1.165) is 0 Å². The highest BCUT2D eigenvalue weighted by Gasteiger charge is 2.35. The lowest BCUT2D eigenvalue weighted by Crippen LogP contribution is -2.40. The summed E-state index contributed by atoms with van der Waals surface area (Å²) in [5, 5.41) is 0. The SMILES string of the molecule is CCOC(=O)C1=C(C)N=c2s/c(=C\c3cc(OC)c(OC)c(OC)c3)c(=O)n2[C@H]1c1ccc(OC)cc1OC. The molecule has 0 unspecified atom stereocenters. The number of aromatic nitrogens is 1. The molecular formula is C28H30N2O8S. The minimum Gasteiger partial charge on any atom is -0.497 e. The molecular weight excluding hydrogens is 524 g/mol. The number of carbonyl (C=O) groups is 1. The molecule has 0 bridgehead atoms. The molecule has 1 aromatic heterocycles. The first-order valence-corrected chi connectivity index (χ1v) is 12.8. The molecule has 3 aromatic rings. The molecule has 1 aliphatic rings. The van der Waals surface area contributed by atoms with E-state index < -0.39 is 12.0 Å². The van der Waals surface area contributed by atoms with E-state index in [1.807, 2.05) is 0 Å². The Kier molecular flexibility index (Phi) is 8.29. The van der Waals surface area contributed by atoms with Gasteiger partial charge in [-0.1, -0.05) is 11.3 Å². The van der Waals surface area contributed by atoms with E-state index in [2.05, 4.69) is 4.99 Å². The Hall–Kier alpha value is -4.25. The Bertz CT molecular complexity index is 1590. The van der Waals surface area contributed by atoms with Crippen molar-refractivity contribution < 1.29 is 33.2 Å². The van der Waals surface area contributed by atoms with Crippen molar-refractivity contribution in [1.29, 1.82) is 0 Å². The van der Waals surface area contributed by atoms with Crippen LogP contribution in [0.1, 0.15) is 31.0 Å². The van der Waals surface area contributed by atoms with Gasteiger partial charge in [-0.3, -0.25) is 9.36 Å². The van der Waals surface area contributed by atoms with Crippen molar-refractivity contribution in [2.45, 2.75) is 19.9 Å². The van der Waals surface area contributed by atoms with Crippen molar-refractivity contribution in [3.63, 3.8) is 0 Å². The lowest BCUT2D eigenvalue weighted by molar-refractivity contribution is -0.139. The van der Waals surface area contributed by atoms with Crippen LogP contribution in [0.15, 0.2) is 51.4 Å². The average molecular weight is 555 g/mol.